The highest BCUT2D eigenvalue weighted by Crippen LogP contribution is 2.35. The topological polar surface area (TPSA) is 75.9 Å². The first-order chi connectivity index (χ1) is 14.2. The minimum Gasteiger partial charge on any atom is -0.462 e. The molecule has 2 amide bonds. The molecule has 1 aliphatic heterocycles. The predicted octanol–water partition coefficient (Wildman–Crippen LogP) is 3.98. The van der Waals surface area contributed by atoms with E-state index in [4.69, 9.17) is 14.1 Å². The average molecular weight is 411 g/mol. The molecule has 1 fully saturated rings. The van der Waals surface area contributed by atoms with Crippen LogP contribution in [0.1, 0.15) is 16.6 Å². The first-order valence-corrected chi connectivity index (χ1v) is 10.3. The second-order valence-electron chi connectivity index (χ2n) is 6.52. The van der Waals surface area contributed by atoms with Crippen LogP contribution in [0.4, 0.5) is 4.79 Å². The van der Waals surface area contributed by atoms with E-state index in [0.717, 1.165) is 5.56 Å². The van der Waals surface area contributed by atoms with Crippen molar-refractivity contribution in [2.24, 2.45) is 0 Å². The summed E-state index contributed by atoms with van der Waals surface area (Å²) in [6.07, 6.45) is 1.26. The van der Waals surface area contributed by atoms with Crippen LogP contribution >= 0.6 is 11.3 Å². The van der Waals surface area contributed by atoms with Gasteiger partial charge >= 0.3 is 6.09 Å². The molecule has 150 valence electrons. The zero-order valence-electron chi connectivity index (χ0n) is 16.0. The third-order valence-electron chi connectivity index (χ3n) is 4.69. The fraction of sp³-hybridized carbons (Fsp3) is 0.286. The van der Waals surface area contributed by atoms with Gasteiger partial charge in [0.2, 0.25) is 0 Å². The maximum absolute atomic E-state index is 13.3. The normalized spacial score (nSPS) is 14.1. The van der Waals surface area contributed by atoms with Crippen molar-refractivity contribution >= 4 is 23.3 Å². The number of aromatic nitrogens is 1. The van der Waals surface area contributed by atoms with Crippen LogP contribution < -0.4 is 0 Å². The summed E-state index contributed by atoms with van der Waals surface area (Å²) in [5, 5.41) is 0.669. The Kier molecular flexibility index (Phi) is 5.62. The van der Waals surface area contributed by atoms with Crippen molar-refractivity contribution in [3.05, 3.63) is 53.6 Å². The summed E-state index contributed by atoms with van der Waals surface area (Å²) in [5.41, 5.74) is 1.54. The molecular formula is C21H21N3O4S. The van der Waals surface area contributed by atoms with E-state index in [1.54, 1.807) is 29.1 Å². The van der Waals surface area contributed by atoms with Gasteiger partial charge in [-0.25, -0.2) is 9.78 Å². The minimum atomic E-state index is -0.331. The lowest BCUT2D eigenvalue weighted by atomic mass is 10.1. The zero-order valence-corrected chi connectivity index (χ0v) is 16.9. The number of nitrogens with zero attached hydrogens (tertiary/aromatic N) is 3. The van der Waals surface area contributed by atoms with E-state index < -0.39 is 0 Å². The van der Waals surface area contributed by atoms with Crippen molar-refractivity contribution < 1.29 is 18.7 Å². The van der Waals surface area contributed by atoms with E-state index in [1.165, 1.54) is 11.3 Å². The first kappa shape index (κ1) is 19.2. The lowest BCUT2D eigenvalue weighted by molar-refractivity contribution is 0.0574. The Bertz CT molecular complexity index is 977. The van der Waals surface area contributed by atoms with Gasteiger partial charge < -0.3 is 19.0 Å². The van der Waals surface area contributed by atoms with Crippen molar-refractivity contribution in [1.82, 2.24) is 14.8 Å². The standard InChI is InChI=1S/C21H21N3O4S/c1-2-27-21(26)24-12-10-23(11-13-24)20(25)18-17(15-7-4-3-5-8-15)22-19(29-18)16-9-6-14-28-16/h3-9,14H,2,10-13H2,1H3. The van der Waals surface area contributed by atoms with Gasteiger partial charge in [0, 0.05) is 31.7 Å². The van der Waals surface area contributed by atoms with E-state index in [2.05, 4.69) is 0 Å². The molecule has 29 heavy (non-hydrogen) atoms. The second-order valence-corrected chi connectivity index (χ2v) is 7.52. The summed E-state index contributed by atoms with van der Waals surface area (Å²) < 4.78 is 10.5. The third kappa shape index (κ3) is 4.02. The highest BCUT2D eigenvalue weighted by molar-refractivity contribution is 7.17. The number of hydrogen-bond acceptors (Lipinski definition) is 6. The molecule has 0 saturated carbocycles. The number of ether oxygens (including phenoxy) is 1. The van der Waals surface area contributed by atoms with Crippen LogP contribution in [0, 0.1) is 0 Å². The van der Waals surface area contributed by atoms with Gasteiger partial charge in [0.05, 0.1) is 18.6 Å². The summed E-state index contributed by atoms with van der Waals surface area (Å²) in [6.45, 7) is 3.95. The van der Waals surface area contributed by atoms with Gasteiger partial charge in [0.15, 0.2) is 10.8 Å². The number of carbonyl (C=O) groups excluding carboxylic acids is 2. The molecule has 0 N–H and O–H groups in total. The Hall–Kier alpha value is -3.13. The minimum absolute atomic E-state index is 0.0809. The lowest BCUT2D eigenvalue weighted by Crippen LogP contribution is -2.50. The molecule has 7 nitrogen and oxygen atoms in total. The molecule has 0 aliphatic carbocycles. The summed E-state index contributed by atoms with van der Waals surface area (Å²) >= 11 is 1.33. The van der Waals surface area contributed by atoms with Crippen molar-refractivity contribution in [2.75, 3.05) is 32.8 Å². The fourth-order valence-corrected chi connectivity index (χ4v) is 4.24. The largest absolute Gasteiger partial charge is 0.462 e. The number of thiazole rings is 1. The monoisotopic (exact) mass is 411 g/mol. The van der Waals surface area contributed by atoms with Crippen LogP contribution in [0.5, 0.6) is 0 Å². The molecule has 0 bridgehead atoms. The fourth-order valence-electron chi connectivity index (χ4n) is 3.21. The summed E-state index contributed by atoms with van der Waals surface area (Å²) in [4.78, 5) is 33.9. The molecule has 1 saturated heterocycles. The SMILES string of the molecule is CCOC(=O)N1CCN(C(=O)c2sc(-c3ccco3)nc2-c2ccccc2)CC1. The van der Waals surface area contributed by atoms with Gasteiger partial charge in [-0.2, -0.15) is 0 Å². The number of hydrogen-bond donors (Lipinski definition) is 0. The van der Waals surface area contributed by atoms with Crippen LogP contribution in [-0.2, 0) is 4.74 Å². The van der Waals surface area contributed by atoms with Gasteiger partial charge in [0.25, 0.3) is 5.91 Å². The number of benzene rings is 1. The Balaban J connectivity index is 1.59. The number of furan rings is 1. The second kappa shape index (κ2) is 8.48. The van der Waals surface area contributed by atoms with Gasteiger partial charge in [-0.15, -0.1) is 11.3 Å². The maximum Gasteiger partial charge on any atom is 0.409 e. The Morgan fingerprint density at radius 3 is 2.45 bits per heavy atom. The molecule has 8 heteroatoms. The van der Waals surface area contributed by atoms with Crippen molar-refractivity contribution in [3.8, 4) is 22.0 Å². The van der Waals surface area contributed by atoms with Crippen LogP contribution in [0.3, 0.4) is 0 Å². The molecule has 1 aliphatic rings. The quantitative estimate of drug-likeness (QED) is 0.649. The van der Waals surface area contributed by atoms with Gasteiger partial charge in [-0.05, 0) is 19.1 Å². The predicted molar refractivity (Wildman–Crippen MR) is 110 cm³/mol. The molecule has 4 rings (SSSR count). The number of amides is 2. The number of carbonyl (C=O) groups is 2. The lowest BCUT2D eigenvalue weighted by Gasteiger charge is -2.33. The van der Waals surface area contributed by atoms with Gasteiger partial charge in [-0.1, -0.05) is 30.3 Å². The maximum atomic E-state index is 13.3. The van der Waals surface area contributed by atoms with Crippen LogP contribution in [-0.4, -0.2) is 59.6 Å². The van der Waals surface area contributed by atoms with E-state index in [9.17, 15) is 9.59 Å². The smallest absolute Gasteiger partial charge is 0.409 e. The van der Waals surface area contributed by atoms with E-state index in [-0.39, 0.29) is 12.0 Å². The number of rotatable bonds is 4. The summed E-state index contributed by atoms with van der Waals surface area (Å²) in [7, 11) is 0. The Morgan fingerprint density at radius 2 is 1.79 bits per heavy atom. The van der Waals surface area contributed by atoms with Crippen LogP contribution in [0.15, 0.2) is 53.1 Å². The molecule has 3 aromatic rings. The van der Waals surface area contributed by atoms with Crippen LogP contribution in [0.2, 0.25) is 0 Å². The van der Waals surface area contributed by atoms with E-state index >= 15 is 0 Å². The van der Waals surface area contributed by atoms with Crippen molar-refractivity contribution in [3.63, 3.8) is 0 Å². The molecule has 0 unspecified atom stereocenters. The Morgan fingerprint density at radius 1 is 1.07 bits per heavy atom. The zero-order chi connectivity index (χ0) is 20.2. The highest BCUT2D eigenvalue weighted by Gasteiger charge is 2.29. The average Bonchev–Trinajstić information content (AvgIpc) is 3.44. The van der Waals surface area contributed by atoms with E-state index in [1.807, 2.05) is 36.4 Å². The molecular weight excluding hydrogens is 390 g/mol. The first-order valence-electron chi connectivity index (χ1n) is 9.48. The van der Waals surface area contributed by atoms with Crippen LogP contribution in [0.25, 0.3) is 22.0 Å². The molecule has 0 atom stereocenters. The number of piperazine rings is 1. The molecule has 1 aromatic carbocycles. The molecule has 3 heterocycles. The van der Waals surface area contributed by atoms with Gasteiger partial charge in [0.1, 0.15) is 4.88 Å². The molecule has 0 radical (unpaired) electrons. The third-order valence-corrected chi connectivity index (χ3v) is 5.75. The summed E-state index contributed by atoms with van der Waals surface area (Å²) in [5.74, 6) is 0.557. The van der Waals surface area contributed by atoms with E-state index in [0.29, 0.717) is 54.1 Å². The van der Waals surface area contributed by atoms with Crippen molar-refractivity contribution in [2.45, 2.75) is 6.92 Å². The Labute approximate surface area is 172 Å². The van der Waals surface area contributed by atoms with Crippen molar-refractivity contribution in [1.29, 1.82) is 0 Å². The molecule has 0 spiro atoms. The molecule has 2 aromatic heterocycles. The summed E-state index contributed by atoms with van der Waals surface area (Å²) in [6, 6.07) is 13.3. The highest BCUT2D eigenvalue weighted by atomic mass is 32.1. The van der Waals surface area contributed by atoms with Gasteiger partial charge in [-0.3, -0.25) is 4.79 Å².